The zero-order valence-electron chi connectivity index (χ0n) is 10.8. The molecule has 0 spiro atoms. The Morgan fingerprint density at radius 3 is 2.89 bits per heavy atom. The molecule has 96 valence electrons. The van der Waals surface area contributed by atoms with Crippen LogP contribution in [0.25, 0.3) is 0 Å². The van der Waals surface area contributed by atoms with Gasteiger partial charge in [-0.3, -0.25) is 0 Å². The minimum Gasteiger partial charge on any atom is -0.508 e. The molecule has 0 saturated heterocycles. The Labute approximate surface area is 112 Å². The number of benzene rings is 1. The molecule has 0 aliphatic carbocycles. The van der Waals surface area contributed by atoms with Crippen LogP contribution in [-0.4, -0.2) is 11.7 Å². The lowest BCUT2D eigenvalue weighted by molar-refractivity contribution is 0.453. The Kier molecular flexibility index (Phi) is 4.39. The van der Waals surface area contributed by atoms with Crippen molar-refractivity contribution < 1.29 is 5.11 Å². The van der Waals surface area contributed by atoms with Crippen molar-refractivity contribution in [3.8, 4) is 5.75 Å². The molecular formula is C15H19NOS. The number of aromatic hydroxyl groups is 1. The van der Waals surface area contributed by atoms with E-state index in [0.29, 0.717) is 5.75 Å². The second-order valence-electron chi connectivity index (χ2n) is 4.62. The van der Waals surface area contributed by atoms with E-state index in [-0.39, 0.29) is 6.04 Å². The molecule has 0 fully saturated rings. The summed E-state index contributed by atoms with van der Waals surface area (Å²) in [4.78, 5) is 0. The molecular weight excluding hydrogens is 242 g/mol. The SMILES string of the molecule is Cc1ccc(O)c(C(C)NCCc2ccsc2)c1. The summed E-state index contributed by atoms with van der Waals surface area (Å²) >= 11 is 1.73. The molecule has 0 aliphatic rings. The van der Waals surface area contributed by atoms with Gasteiger partial charge in [-0.15, -0.1) is 0 Å². The van der Waals surface area contributed by atoms with Crippen molar-refractivity contribution in [2.75, 3.05) is 6.54 Å². The summed E-state index contributed by atoms with van der Waals surface area (Å²) in [6.45, 7) is 5.05. The van der Waals surface area contributed by atoms with Crippen molar-refractivity contribution in [1.29, 1.82) is 0 Å². The average Bonchev–Trinajstić information content (AvgIpc) is 2.85. The van der Waals surface area contributed by atoms with Gasteiger partial charge in [-0.1, -0.05) is 17.7 Å². The highest BCUT2D eigenvalue weighted by Crippen LogP contribution is 2.24. The summed E-state index contributed by atoms with van der Waals surface area (Å²) in [6, 6.07) is 8.06. The first kappa shape index (κ1) is 13.1. The average molecular weight is 261 g/mol. The molecule has 0 bridgehead atoms. The van der Waals surface area contributed by atoms with Gasteiger partial charge in [-0.2, -0.15) is 11.3 Å². The minimum absolute atomic E-state index is 0.170. The van der Waals surface area contributed by atoms with Crippen molar-refractivity contribution in [3.63, 3.8) is 0 Å². The van der Waals surface area contributed by atoms with Crippen LogP contribution in [0.15, 0.2) is 35.0 Å². The molecule has 18 heavy (non-hydrogen) atoms. The molecule has 1 heterocycles. The van der Waals surface area contributed by atoms with Gasteiger partial charge in [0.15, 0.2) is 0 Å². The van der Waals surface area contributed by atoms with Crippen LogP contribution >= 0.6 is 11.3 Å². The molecule has 0 radical (unpaired) electrons. The third-order valence-electron chi connectivity index (χ3n) is 3.09. The van der Waals surface area contributed by atoms with E-state index in [0.717, 1.165) is 18.5 Å². The zero-order valence-corrected chi connectivity index (χ0v) is 11.6. The van der Waals surface area contributed by atoms with Gasteiger partial charge in [0.25, 0.3) is 0 Å². The molecule has 2 nitrogen and oxygen atoms in total. The lowest BCUT2D eigenvalue weighted by atomic mass is 10.0. The maximum Gasteiger partial charge on any atom is 0.120 e. The Balaban J connectivity index is 1.91. The molecule has 0 amide bonds. The Morgan fingerprint density at radius 1 is 1.33 bits per heavy atom. The fraction of sp³-hybridized carbons (Fsp3) is 0.333. The largest absolute Gasteiger partial charge is 0.508 e. The molecule has 2 aromatic rings. The van der Waals surface area contributed by atoms with E-state index < -0.39 is 0 Å². The summed E-state index contributed by atoms with van der Waals surface area (Å²) in [5, 5.41) is 17.6. The Morgan fingerprint density at radius 2 is 2.17 bits per heavy atom. The second-order valence-corrected chi connectivity index (χ2v) is 5.40. The number of phenols is 1. The van der Waals surface area contributed by atoms with Crippen LogP contribution in [0.5, 0.6) is 5.75 Å². The first-order chi connectivity index (χ1) is 8.66. The summed E-state index contributed by atoms with van der Waals surface area (Å²) in [5.74, 6) is 0.371. The highest BCUT2D eigenvalue weighted by Gasteiger charge is 2.09. The van der Waals surface area contributed by atoms with E-state index in [9.17, 15) is 5.11 Å². The van der Waals surface area contributed by atoms with Crippen molar-refractivity contribution in [2.45, 2.75) is 26.3 Å². The minimum atomic E-state index is 0.170. The molecule has 1 unspecified atom stereocenters. The van der Waals surface area contributed by atoms with E-state index >= 15 is 0 Å². The number of hydrogen-bond acceptors (Lipinski definition) is 3. The number of aryl methyl sites for hydroxylation is 1. The quantitative estimate of drug-likeness (QED) is 0.861. The van der Waals surface area contributed by atoms with Gasteiger partial charge >= 0.3 is 0 Å². The summed E-state index contributed by atoms with van der Waals surface area (Å²) in [5.41, 5.74) is 3.52. The van der Waals surface area contributed by atoms with Crippen LogP contribution in [0.1, 0.15) is 29.7 Å². The van der Waals surface area contributed by atoms with E-state index in [1.807, 2.05) is 19.1 Å². The number of nitrogens with one attached hydrogen (secondary N) is 1. The van der Waals surface area contributed by atoms with Gasteiger partial charge in [-0.05, 0) is 55.3 Å². The highest BCUT2D eigenvalue weighted by atomic mass is 32.1. The maximum absolute atomic E-state index is 9.85. The van der Waals surface area contributed by atoms with Crippen molar-refractivity contribution >= 4 is 11.3 Å². The zero-order chi connectivity index (χ0) is 13.0. The fourth-order valence-electron chi connectivity index (χ4n) is 2.00. The van der Waals surface area contributed by atoms with E-state index in [1.54, 1.807) is 17.4 Å². The van der Waals surface area contributed by atoms with Crippen molar-refractivity contribution in [1.82, 2.24) is 5.32 Å². The highest BCUT2D eigenvalue weighted by molar-refractivity contribution is 7.07. The van der Waals surface area contributed by atoms with Gasteiger partial charge < -0.3 is 10.4 Å². The molecule has 2 rings (SSSR count). The Bertz CT molecular complexity index is 493. The number of rotatable bonds is 5. The van der Waals surface area contributed by atoms with Crippen LogP contribution < -0.4 is 5.32 Å². The maximum atomic E-state index is 9.85. The first-order valence-corrected chi connectivity index (χ1v) is 7.15. The van der Waals surface area contributed by atoms with E-state index in [1.165, 1.54) is 11.1 Å². The third-order valence-corrected chi connectivity index (χ3v) is 3.83. The molecule has 3 heteroatoms. The van der Waals surface area contributed by atoms with Crippen LogP contribution in [0, 0.1) is 6.92 Å². The summed E-state index contributed by atoms with van der Waals surface area (Å²) < 4.78 is 0. The van der Waals surface area contributed by atoms with E-state index in [2.05, 4.69) is 29.1 Å². The van der Waals surface area contributed by atoms with Gasteiger partial charge in [0.1, 0.15) is 5.75 Å². The van der Waals surface area contributed by atoms with Gasteiger partial charge in [-0.25, -0.2) is 0 Å². The Hall–Kier alpha value is -1.32. The summed E-state index contributed by atoms with van der Waals surface area (Å²) in [7, 11) is 0. The van der Waals surface area contributed by atoms with Crippen LogP contribution in [0.2, 0.25) is 0 Å². The molecule has 1 aromatic heterocycles. The predicted octanol–water partition coefficient (Wildman–Crippen LogP) is 3.66. The number of hydrogen-bond donors (Lipinski definition) is 2. The van der Waals surface area contributed by atoms with Crippen molar-refractivity contribution in [3.05, 3.63) is 51.7 Å². The first-order valence-electron chi connectivity index (χ1n) is 6.21. The number of thiophene rings is 1. The fourth-order valence-corrected chi connectivity index (χ4v) is 2.70. The molecule has 0 aliphatic heterocycles. The number of phenolic OH excluding ortho intramolecular Hbond substituents is 1. The third kappa shape index (κ3) is 3.34. The van der Waals surface area contributed by atoms with Gasteiger partial charge in [0.2, 0.25) is 0 Å². The molecule has 1 atom stereocenters. The summed E-state index contributed by atoms with van der Waals surface area (Å²) in [6.07, 6.45) is 1.03. The van der Waals surface area contributed by atoms with Crippen molar-refractivity contribution in [2.24, 2.45) is 0 Å². The normalized spacial score (nSPS) is 12.6. The lowest BCUT2D eigenvalue weighted by Gasteiger charge is -2.16. The standard InChI is InChI=1S/C15H19NOS/c1-11-3-4-15(17)14(9-11)12(2)16-7-5-13-6-8-18-10-13/h3-4,6,8-10,12,16-17H,5,7H2,1-2H3. The van der Waals surface area contributed by atoms with Crippen LogP contribution in [-0.2, 0) is 6.42 Å². The smallest absolute Gasteiger partial charge is 0.120 e. The molecule has 0 saturated carbocycles. The second kappa shape index (κ2) is 6.03. The lowest BCUT2D eigenvalue weighted by Crippen LogP contribution is -2.21. The molecule has 2 N–H and O–H groups in total. The van der Waals surface area contributed by atoms with E-state index in [4.69, 9.17) is 0 Å². The van der Waals surface area contributed by atoms with Crippen LogP contribution in [0.3, 0.4) is 0 Å². The van der Waals surface area contributed by atoms with Crippen LogP contribution in [0.4, 0.5) is 0 Å². The topological polar surface area (TPSA) is 32.3 Å². The molecule has 1 aromatic carbocycles. The van der Waals surface area contributed by atoms with Gasteiger partial charge in [0, 0.05) is 11.6 Å². The predicted molar refractivity (Wildman–Crippen MR) is 77.3 cm³/mol. The monoisotopic (exact) mass is 261 g/mol. The van der Waals surface area contributed by atoms with Gasteiger partial charge in [0.05, 0.1) is 0 Å².